The lowest BCUT2D eigenvalue weighted by atomic mass is 10.2. The molecule has 0 aliphatic carbocycles. The van der Waals surface area contributed by atoms with Crippen molar-refractivity contribution in [2.24, 2.45) is 0 Å². The van der Waals surface area contributed by atoms with E-state index in [1.807, 2.05) is 13.0 Å². The largest absolute Gasteiger partial charge is 0.456 e. The summed E-state index contributed by atoms with van der Waals surface area (Å²) in [5, 5.41) is 0. The van der Waals surface area contributed by atoms with E-state index in [2.05, 4.69) is 0 Å². The number of ether oxygens (including phenoxy) is 1. The Morgan fingerprint density at radius 3 is 2.70 bits per heavy atom. The number of esters is 1. The maximum absolute atomic E-state index is 12.1. The summed E-state index contributed by atoms with van der Waals surface area (Å²) in [6.07, 6.45) is 0. The molecule has 2 aromatic rings. The van der Waals surface area contributed by atoms with E-state index in [1.165, 1.54) is 11.3 Å². The lowest BCUT2D eigenvalue weighted by Gasteiger charge is -2.08. The Kier molecular flexibility index (Phi) is 5.34. The molecule has 0 saturated heterocycles. The van der Waals surface area contributed by atoms with E-state index in [0.29, 0.717) is 20.5 Å². The highest BCUT2D eigenvalue weighted by Crippen LogP contribution is 2.23. The van der Waals surface area contributed by atoms with Crippen molar-refractivity contribution in [3.63, 3.8) is 0 Å². The van der Waals surface area contributed by atoms with Crippen molar-refractivity contribution in [3.05, 3.63) is 51.2 Å². The fourth-order valence-corrected chi connectivity index (χ4v) is 3.57. The van der Waals surface area contributed by atoms with E-state index in [4.69, 9.17) is 16.3 Å². The van der Waals surface area contributed by atoms with Crippen LogP contribution in [0.3, 0.4) is 0 Å². The highest BCUT2D eigenvalue weighted by Gasteiger charge is 2.16. The van der Waals surface area contributed by atoms with Crippen LogP contribution in [-0.2, 0) is 22.1 Å². The molecule has 0 bridgehead atoms. The molecule has 0 fully saturated rings. The van der Waals surface area contributed by atoms with Crippen molar-refractivity contribution >= 4 is 39.7 Å². The number of benzene rings is 1. The third kappa shape index (κ3) is 3.69. The number of carbonyl (C=O) groups is 1. The van der Waals surface area contributed by atoms with Gasteiger partial charge in [0.15, 0.2) is 0 Å². The average Bonchev–Trinajstić information content (AvgIpc) is 2.89. The summed E-state index contributed by atoms with van der Waals surface area (Å²) in [7, 11) is -1.19. The summed E-state index contributed by atoms with van der Waals surface area (Å²) in [6.45, 7) is 1.98. The molecule has 1 unspecified atom stereocenters. The number of halogens is 1. The monoisotopic (exact) mass is 328 g/mol. The van der Waals surface area contributed by atoms with Gasteiger partial charge >= 0.3 is 5.97 Å². The van der Waals surface area contributed by atoms with Crippen LogP contribution in [0.25, 0.3) is 0 Å². The predicted molar refractivity (Wildman–Crippen MR) is 81.8 cm³/mol. The fourth-order valence-electron chi connectivity index (χ4n) is 1.63. The molecule has 1 aromatic carbocycles. The SMILES string of the molecule is CCS(=O)c1ccccc1C(=O)OCc1ccc(Cl)s1. The minimum Gasteiger partial charge on any atom is -0.456 e. The topological polar surface area (TPSA) is 43.4 Å². The summed E-state index contributed by atoms with van der Waals surface area (Å²) in [4.78, 5) is 13.5. The van der Waals surface area contributed by atoms with Gasteiger partial charge in [-0.05, 0) is 24.3 Å². The van der Waals surface area contributed by atoms with Crippen LogP contribution in [0.5, 0.6) is 0 Å². The highest BCUT2D eigenvalue weighted by atomic mass is 35.5. The van der Waals surface area contributed by atoms with Gasteiger partial charge in [0.2, 0.25) is 0 Å². The number of hydrogen-bond acceptors (Lipinski definition) is 4. The Morgan fingerprint density at radius 2 is 2.05 bits per heavy atom. The Morgan fingerprint density at radius 1 is 1.30 bits per heavy atom. The van der Waals surface area contributed by atoms with Gasteiger partial charge in [-0.3, -0.25) is 4.21 Å². The minimum absolute atomic E-state index is 0.170. The molecule has 6 heteroatoms. The van der Waals surface area contributed by atoms with Crippen LogP contribution >= 0.6 is 22.9 Å². The van der Waals surface area contributed by atoms with Crippen LogP contribution < -0.4 is 0 Å². The molecule has 1 heterocycles. The zero-order chi connectivity index (χ0) is 14.5. The normalized spacial score (nSPS) is 12.1. The molecule has 0 spiro atoms. The van der Waals surface area contributed by atoms with Gasteiger partial charge in [-0.2, -0.15) is 0 Å². The molecule has 1 aromatic heterocycles. The van der Waals surface area contributed by atoms with Crippen LogP contribution in [0, 0.1) is 0 Å². The van der Waals surface area contributed by atoms with Crippen LogP contribution in [0.4, 0.5) is 0 Å². The van der Waals surface area contributed by atoms with Gasteiger partial charge in [-0.15, -0.1) is 11.3 Å². The average molecular weight is 329 g/mol. The smallest absolute Gasteiger partial charge is 0.339 e. The van der Waals surface area contributed by atoms with E-state index in [9.17, 15) is 9.00 Å². The van der Waals surface area contributed by atoms with Crippen LogP contribution in [0.15, 0.2) is 41.3 Å². The van der Waals surface area contributed by atoms with Crippen molar-refractivity contribution < 1.29 is 13.7 Å². The molecule has 0 aliphatic heterocycles. The Balaban J connectivity index is 2.11. The predicted octanol–water partition coefficient (Wildman–Crippen LogP) is 3.89. The summed E-state index contributed by atoms with van der Waals surface area (Å²) in [5.41, 5.74) is 0.357. The lowest BCUT2D eigenvalue weighted by molar-refractivity contribution is 0.0472. The zero-order valence-corrected chi connectivity index (χ0v) is 13.2. The van der Waals surface area contributed by atoms with Crippen LogP contribution in [-0.4, -0.2) is 15.9 Å². The first-order valence-corrected chi connectivity index (χ1v) is 8.52. The second-order valence-electron chi connectivity index (χ2n) is 3.91. The second kappa shape index (κ2) is 7.02. The molecule has 0 aliphatic rings. The van der Waals surface area contributed by atoms with Gasteiger partial charge in [0.05, 0.1) is 25.6 Å². The van der Waals surface area contributed by atoms with E-state index in [0.717, 1.165) is 4.88 Å². The minimum atomic E-state index is -1.19. The standard InChI is InChI=1S/C14H13ClO3S2/c1-2-20(17)12-6-4-3-5-11(12)14(16)18-9-10-7-8-13(15)19-10/h3-8H,2,9H2,1H3. The molecule has 20 heavy (non-hydrogen) atoms. The van der Waals surface area contributed by atoms with Gasteiger partial charge in [-0.1, -0.05) is 30.7 Å². The number of carbonyl (C=O) groups excluding carboxylic acids is 1. The van der Waals surface area contributed by atoms with Crippen LogP contribution in [0.2, 0.25) is 4.34 Å². The van der Waals surface area contributed by atoms with Gasteiger partial charge in [-0.25, -0.2) is 4.79 Å². The number of hydrogen-bond donors (Lipinski definition) is 0. The lowest BCUT2D eigenvalue weighted by Crippen LogP contribution is -2.09. The van der Waals surface area contributed by atoms with E-state index >= 15 is 0 Å². The maximum atomic E-state index is 12.1. The molecule has 0 amide bonds. The maximum Gasteiger partial charge on any atom is 0.339 e. The van der Waals surface area contributed by atoms with Gasteiger partial charge in [0.1, 0.15) is 6.61 Å². The van der Waals surface area contributed by atoms with E-state index in [1.54, 1.807) is 30.3 Å². The van der Waals surface area contributed by atoms with E-state index < -0.39 is 16.8 Å². The molecule has 106 valence electrons. The molecule has 1 atom stereocenters. The van der Waals surface area contributed by atoms with E-state index in [-0.39, 0.29) is 6.61 Å². The number of thiophene rings is 1. The second-order valence-corrected chi connectivity index (χ2v) is 7.42. The first-order chi connectivity index (χ1) is 9.61. The van der Waals surface area contributed by atoms with Crippen molar-refractivity contribution in [1.82, 2.24) is 0 Å². The molecule has 2 rings (SSSR count). The van der Waals surface area contributed by atoms with Crippen molar-refractivity contribution in [3.8, 4) is 0 Å². The fraction of sp³-hybridized carbons (Fsp3) is 0.214. The van der Waals surface area contributed by atoms with Crippen molar-refractivity contribution in [2.75, 3.05) is 5.75 Å². The summed E-state index contributed by atoms with van der Waals surface area (Å²) >= 11 is 7.18. The quantitative estimate of drug-likeness (QED) is 0.782. The van der Waals surface area contributed by atoms with Gasteiger partial charge < -0.3 is 4.74 Å². The van der Waals surface area contributed by atoms with Crippen molar-refractivity contribution in [1.29, 1.82) is 0 Å². The Hall–Kier alpha value is -1.17. The number of rotatable bonds is 5. The Bertz CT molecular complexity index is 637. The highest BCUT2D eigenvalue weighted by molar-refractivity contribution is 7.85. The molecule has 3 nitrogen and oxygen atoms in total. The first-order valence-electron chi connectivity index (χ1n) is 6.00. The molecule has 0 radical (unpaired) electrons. The van der Waals surface area contributed by atoms with Gasteiger partial charge in [0.25, 0.3) is 0 Å². The molecule has 0 N–H and O–H groups in total. The Labute approximate surface area is 129 Å². The molecular weight excluding hydrogens is 316 g/mol. The zero-order valence-electron chi connectivity index (χ0n) is 10.8. The summed E-state index contributed by atoms with van der Waals surface area (Å²) < 4.78 is 17.8. The van der Waals surface area contributed by atoms with Gasteiger partial charge in [0, 0.05) is 10.6 Å². The summed E-state index contributed by atoms with van der Waals surface area (Å²) in [6, 6.07) is 10.4. The third-order valence-electron chi connectivity index (χ3n) is 2.59. The first kappa shape index (κ1) is 15.2. The van der Waals surface area contributed by atoms with Crippen molar-refractivity contribution in [2.45, 2.75) is 18.4 Å². The molecular formula is C14H13ClO3S2. The molecule has 0 saturated carbocycles. The summed E-state index contributed by atoms with van der Waals surface area (Å²) in [5.74, 6) is -0.00269. The third-order valence-corrected chi connectivity index (χ3v) is 5.16. The van der Waals surface area contributed by atoms with Crippen LogP contribution in [0.1, 0.15) is 22.2 Å².